The van der Waals surface area contributed by atoms with Crippen LogP contribution in [0.25, 0.3) is 5.69 Å². The Bertz CT molecular complexity index is 543. The van der Waals surface area contributed by atoms with Gasteiger partial charge in [-0.2, -0.15) is 5.10 Å². The van der Waals surface area contributed by atoms with Crippen LogP contribution in [0.5, 0.6) is 0 Å². The Morgan fingerprint density at radius 1 is 1.24 bits per heavy atom. The number of hydrogen-bond acceptors (Lipinski definition) is 3. The minimum Gasteiger partial charge on any atom is -0.317 e. The number of hydrogen-bond donors (Lipinski definition) is 1. The standard InChI is InChI=1S/C17H24N4/c1-2-20(16-8-10-18-11-9-16)13-15-12-19-21(14-15)17-6-4-3-5-7-17/h3-7,12,14,16,18H,2,8-11,13H2,1H3. The van der Waals surface area contributed by atoms with Crippen LogP contribution in [0.3, 0.4) is 0 Å². The van der Waals surface area contributed by atoms with Gasteiger partial charge in [0.25, 0.3) is 0 Å². The summed E-state index contributed by atoms with van der Waals surface area (Å²) >= 11 is 0. The van der Waals surface area contributed by atoms with E-state index in [0.29, 0.717) is 6.04 Å². The zero-order chi connectivity index (χ0) is 14.5. The molecule has 21 heavy (non-hydrogen) atoms. The van der Waals surface area contributed by atoms with Gasteiger partial charge in [-0.3, -0.25) is 4.90 Å². The number of para-hydroxylation sites is 1. The summed E-state index contributed by atoms with van der Waals surface area (Å²) in [4.78, 5) is 2.58. The second-order valence-electron chi connectivity index (χ2n) is 5.67. The van der Waals surface area contributed by atoms with Crippen molar-refractivity contribution in [3.05, 3.63) is 48.3 Å². The summed E-state index contributed by atoms with van der Waals surface area (Å²) < 4.78 is 1.96. The first kappa shape index (κ1) is 14.3. The maximum absolute atomic E-state index is 4.50. The van der Waals surface area contributed by atoms with E-state index in [9.17, 15) is 0 Å². The Morgan fingerprint density at radius 2 is 2.00 bits per heavy atom. The number of rotatable bonds is 5. The zero-order valence-electron chi connectivity index (χ0n) is 12.7. The van der Waals surface area contributed by atoms with Crippen LogP contribution < -0.4 is 5.32 Å². The molecule has 1 aliphatic heterocycles. The highest BCUT2D eigenvalue weighted by atomic mass is 15.3. The van der Waals surface area contributed by atoms with Gasteiger partial charge in [-0.25, -0.2) is 4.68 Å². The molecule has 1 aromatic heterocycles. The normalized spacial score (nSPS) is 16.5. The third-order valence-electron chi connectivity index (χ3n) is 4.27. The average Bonchev–Trinajstić information content (AvgIpc) is 3.03. The first-order chi connectivity index (χ1) is 10.4. The Labute approximate surface area is 126 Å². The van der Waals surface area contributed by atoms with Crippen molar-refractivity contribution in [3.63, 3.8) is 0 Å². The molecule has 4 nitrogen and oxygen atoms in total. The van der Waals surface area contributed by atoms with Crippen LogP contribution in [0.2, 0.25) is 0 Å². The van der Waals surface area contributed by atoms with E-state index in [1.807, 2.05) is 29.1 Å². The number of piperidine rings is 1. The van der Waals surface area contributed by atoms with Gasteiger partial charge >= 0.3 is 0 Å². The van der Waals surface area contributed by atoms with E-state index >= 15 is 0 Å². The molecule has 0 spiro atoms. The third kappa shape index (κ3) is 3.52. The fourth-order valence-electron chi connectivity index (χ4n) is 3.07. The van der Waals surface area contributed by atoms with Crippen LogP contribution in [0.4, 0.5) is 0 Å². The van der Waals surface area contributed by atoms with Crippen LogP contribution >= 0.6 is 0 Å². The number of nitrogens with zero attached hydrogens (tertiary/aromatic N) is 3. The molecule has 0 amide bonds. The fourth-order valence-corrected chi connectivity index (χ4v) is 3.07. The molecule has 0 bridgehead atoms. The van der Waals surface area contributed by atoms with E-state index < -0.39 is 0 Å². The van der Waals surface area contributed by atoms with Gasteiger partial charge in [-0.1, -0.05) is 25.1 Å². The lowest BCUT2D eigenvalue weighted by Gasteiger charge is -2.33. The van der Waals surface area contributed by atoms with Crippen LogP contribution in [0.15, 0.2) is 42.7 Å². The molecular weight excluding hydrogens is 260 g/mol. The molecular formula is C17H24N4. The van der Waals surface area contributed by atoms with Crippen molar-refractivity contribution in [2.24, 2.45) is 0 Å². The molecule has 0 radical (unpaired) electrons. The van der Waals surface area contributed by atoms with Gasteiger partial charge < -0.3 is 5.32 Å². The lowest BCUT2D eigenvalue weighted by Crippen LogP contribution is -2.42. The molecule has 2 heterocycles. The second kappa shape index (κ2) is 6.87. The van der Waals surface area contributed by atoms with Crippen molar-refractivity contribution in [2.75, 3.05) is 19.6 Å². The van der Waals surface area contributed by atoms with Gasteiger partial charge in [-0.15, -0.1) is 0 Å². The van der Waals surface area contributed by atoms with Gasteiger partial charge in [0.05, 0.1) is 11.9 Å². The molecule has 1 aliphatic rings. The summed E-state index contributed by atoms with van der Waals surface area (Å²) in [6.45, 7) is 6.63. The minimum absolute atomic E-state index is 0.705. The SMILES string of the molecule is CCN(Cc1cnn(-c2ccccc2)c1)C1CCNCC1. The maximum atomic E-state index is 4.50. The molecule has 1 fully saturated rings. The van der Waals surface area contributed by atoms with Crippen LogP contribution in [0, 0.1) is 0 Å². The largest absolute Gasteiger partial charge is 0.317 e. The molecule has 112 valence electrons. The van der Waals surface area contributed by atoms with Gasteiger partial charge in [0.15, 0.2) is 0 Å². The van der Waals surface area contributed by atoms with Crippen molar-refractivity contribution in [1.29, 1.82) is 0 Å². The Hall–Kier alpha value is -1.65. The van der Waals surface area contributed by atoms with Gasteiger partial charge in [0.1, 0.15) is 0 Å². The van der Waals surface area contributed by atoms with Crippen LogP contribution in [-0.4, -0.2) is 40.4 Å². The van der Waals surface area contributed by atoms with Crippen molar-refractivity contribution in [3.8, 4) is 5.69 Å². The third-order valence-corrected chi connectivity index (χ3v) is 4.27. The molecule has 0 aliphatic carbocycles. The van der Waals surface area contributed by atoms with Gasteiger partial charge in [0.2, 0.25) is 0 Å². The van der Waals surface area contributed by atoms with E-state index in [4.69, 9.17) is 0 Å². The van der Waals surface area contributed by atoms with E-state index in [1.165, 1.54) is 18.4 Å². The molecule has 3 rings (SSSR count). The Morgan fingerprint density at radius 3 is 2.71 bits per heavy atom. The van der Waals surface area contributed by atoms with Gasteiger partial charge in [0, 0.05) is 24.3 Å². The molecule has 4 heteroatoms. The summed E-state index contributed by atoms with van der Waals surface area (Å²) in [5.41, 5.74) is 2.41. The lowest BCUT2D eigenvalue weighted by atomic mass is 10.0. The molecule has 0 unspecified atom stereocenters. The molecule has 1 aromatic carbocycles. The molecule has 0 saturated carbocycles. The monoisotopic (exact) mass is 284 g/mol. The maximum Gasteiger partial charge on any atom is 0.0645 e. The van der Waals surface area contributed by atoms with E-state index in [-0.39, 0.29) is 0 Å². The smallest absolute Gasteiger partial charge is 0.0645 e. The summed E-state index contributed by atoms with van der Waals surface area (Å²) in [6.07, 6.45) is 6.65. The highest BCUT2D eigenvalue weighted by Crippen LogP contribution is 2.16. The first-order valence-corrected chi connectivity index (χ1v) is 7.90. The highest BCUT2D eigenvalue weighted by Gasteiger charge is 2.20. The van der Waals surface area contributed by atoms with Crippen molar-refractivity contribution in [1.82, 2.24) is 20.0 Å². The summed E-state index contributed by atoms with van der Waals surface area (Å²) in [6, 6.07) is 11.0. The zero-order valence-corrected chi connectivity index (χ0v) is 12.7. The van der Waals surface area contributed by atoms with Crippen molar-refractivity contribution >= 4 is 0 Å². The molecule has 1 saturated heterocycles. The van der Waals surface area contributed by atoms with E-state index in [2.05, 4.69) is 40.6 Å². The van der Waals surface area contributed by atoms with Gasteiger partial charge in [-0.05, 0) is 44.6 Å². The quantitative estimate of drug-likeness (QED) is 0.915. The topological polar surface area (TPSA) is 33.1 Å². The van der Waals surface area contributed by atoms with Crippen LogP contribution in [-0.2, 0) is 6.54 Å². The second-order valence-corrected chi connectivity index (χ2v) is 5.67. The van der Waals surface area contributed by atoms with E-state index in [0.717, 1.165) is 31.9 Å². The first-order valence-electron chi connectivity index (χ1n) is 7.90. The predicted molar refractivity (Wildman–Crippen MR) is 85.5 cm³/mol. The number of nitrogens with one attached hydrogen (secondary N) is 1. The Kier molecular flexibility index (Phi) is 4.68. The van der Waals surface area contributed by atoms with Crippen LogP contribution in [0.1, 0.15) is 25.3 Å². The number of benzene rings is 1. The lowest BCUT2D eigenvalue weighted by molar-refractivity contribution is 0.162. The van der Waals surface area contributed by atoms with Crippen molar-refractivity contribution < 1.29 is 0 Å². The summed E-state index contributed by atoms with van der Waals surface area (Å²) in [7, 11) is 0. The molecule has 1 N–H and O–H groups in total. The molecule has 2 aromatic rings. The highest BCUT2D eigenvalue weighted by molar-refractivity contribution is 5.30. The molecule has 0 atom stereocenters. The fraction of sp³-hybridized carbons (Fsp3) is 0.471. The summed E-state index contributed by atoms with van der Waals surface area (Å²) in [5.74, 6) is 0. The van der Waals surface area contributed by atoms with Crippen molar-refractivity contribution in [2.45, 2.75) is 32.4 Å². The van der Waals surface area contributed by atoms with E-state index in [1.54, 1.807) is 0 Å². The average molecular weight is 284 g/mol. The summed E-state index contributed by atoms with van der Waals surface area (Å²) in [5, 5.41) is 7.94. The number of aromatic nitrogens is 2. The Balaban J connectivity index is 1.68. The predicted octanol–water partition coefficient (Wildman–Crippen LogP) is 2.45. The minimum atomic E-state index is 0.705.